The molecule has 3 nitrogen and oxygen atoms in total. The second-order valence-corrected chi connectivity index (χ2v) is 5.50. The first kappa shape index (κ1) is 14.0. The highest BCUT2D eigenvalue weighted by atomic mass is 16.5. The number of hydrogen-bond donors (Lipinski definition) is 2. The SMILES string of the molecule is COc1ccc(C(C)NCc2cccc3c2NCC3)cc1. The summed E-state index contributed by atoms with van der Waals surface area (Å²) in [4.78, 5) is 0. The topological polar surface area (TPSA) is 33.3 Å². The minimum absolute atomic E-state index is 0.313. The van der Waals surface area contributed by atoms with E-state index in [-0.39, 0.29) is 0 Å². The number of hydrogen-bond acceptors (Lipinski definition) is 3. The number of benzene rings is 2. The van der Waals surface area contributed by atoms with Gasteiger partial charge in [0.2, 0.25) is 0 Å². The molecule has 0 amide bonds. The molecule has 0 saturated carbocycles. The summed E-state index contributed by atoms with van der Waals surface area (Å²) in [5.74, 6) is 0.899. The highest BCUT2D eigenvalue weighted by Crippen LogP contribution is 2.27. The minimum atomic E-state index is 0.313. The summed E-state index contributed by atoms with van der Waals surface area (Å²) in [5.41, 5.74) is 5.39. The maximum atomic E-state index is 5.20. The minimum Gasteiger partial charge on any atom is -0.497 e. The molecule has 0 radical (unpaired) electrons. The van der Waals surface area contributed by atoms with E-state index in [0.29, 0.717) is 6.04 Å². The Balaban J connectivity index is 1.65. The Kier molecular flexibility index (Phi) is 4.11. The van der Waals surface area contributed by atoms with Crippen LogP contribution in [0, 0.1) is 0 Å². The zero-order valence-electron chi connectivity index (χ0n) is 12.6. The van der Waals surface area contributed by atoms with E-state index in [1.54, 1.807) is 7.11 Å². The molecule has 1 aliphatic rings. The molecule has 0 saturated heterocycles. The molecule has 2 aromatic carbocycles. The molecule has 0 fully saturated rings. The largest absolute Gasteiger partial charge is 0.497 e. The zero-order chi connectivity index (χ0) is 14.7. The highest BCUT2D eigenvalue weighted by molar-refractivity contribution is 5.61. The second-order valence-electron chi connectivity index (χ2n) is 5.50. The molecule has 1 unspecified atom stereocenters. The van der Waals surface area contributed by atoms with Crippen LogP contribution in [0.15, 0.2) is 42.5 Å². The van der Waals surface area contributed by atoms with Crippen LogP contribution in [0.5, 0.6) is 5.75 Å². The van der Waals surface area contributed by atoms with E-state index in [1.807, 2.05) is 12.1 Å². The monoisotopic (exact) mass is 282 g/mol. The van der Waals surface area contributed by atoms with Gasteiger partial charge in [-0.2, -0.15) is 0 Å². The molecule has 3 rings (SSSR count). The van der Waals surface area contributed by atoms with Gasteiger partial charge in [0, 0.05) is 24.8 Å². The molecule has 0 aliphatic carbocycles. The van der Waals surface area contributed by atoms with Crippen LogP contribution >= 0.6 is 0 Å². The van der Waals surface area contributed by atoms with Crippen molar-refractivity contribution in [2.24, 2.45) is 0 Å². The van der Waals surface area contributed by atoms with E-state index in [0.717, 1.165) is 25.3 Å². The van der Waals surface area contributed by atoms with Crippen molar-refractivity contribution >= 4 is 5.69 Å². The third kappa shape index (κ3) is 3.03. The first-order valence-electron chi connectivity index (χ1n) is 7.50. The lowest BCUT2D eigenvalue weighted by atomic mass is 10.1. The maximum absolute atomic E-state index is 5.20. The van der Waals surface area contributed by atoms with Gasteiger partial charge in [0.15, 0.2) is 0 Å². The van der Waals surface area contributed by atoms with E-state index in [1.165, 1.54) is 22.4 Å². The molecular formula is C18H22N2O. The van der Waals surface area contributed by atoms with Gasteiger partial charge >= 0.3 is 0 Å². The Morgan fingerprint density at radius 1 is 1.19 bits per heavy atom. The van der Waals surface area contributed by atoms with E-state index in [9.17, 15) is 0 Å². The Bertz CT molecular complexity index is 607. The molecule has 3 heteroatoms. The first-order chi connectivity index (χ1) is 10.3. The van der Waals surface area contributed by atoms with Gasteiger partial charge < -0.3 is 15.4 Å². The van der Waals surface area contributed by atoms with Crippen molar-refractivity contribution in [3.8, 4) is 5.75 Å². The molecule has 21 heavy (non-hydrogen) atoms. The maximum Gasteiger partial charge on any atom is 0.118 e. The van der Waals surface area contributed by atoms with Gasteiger partial charge in [-0.05, 0) is 42.2 Å². The lowest BCUT2D eigenvalue weighted by Gasteiger charge is -2.16. The summed E-state index contributed by atoms with van der Waals surface area (Å²) in [6.07, 6.45) is 1.14. The van der Waals surface area contributed by atoms with E-state index >= 15 is 0 Å². The molecule has 0 aromatic heterocycles. The predicted molar refractivity (Wildman–Crippen MR) is 86.9 cm³/mol. The van der Waals surface area contributed by atoms with Crippen LogP contribution in [0.4, 0.5) is 5.69 Å². The summed E-state index contributed by atoms with van der Waals surface area (Å²) in [6.45, 7) is 4.13. The summed E-state index contributed by atoms with van der Waals surface area (Å²) in [5, 5.41) is 7.09. The van der Waals surface area contributed by atoms with Crippen molar-refractivity contribution in [3.63, 3.8) is 0 Å². The molecule has 2 N–H and O–H groups in total. The smallest absolute Gasteiger partial charge is 0.118 e. The molecule has 1 heterocycles. The normalized spacial score (nSPS) is 14.4. The van der Waals surface area contributed by atoms with E-state index in [2.05, 4.69) is 47.9 Å². The second kappa shape index (κ2) is 6.19. The van der Waals surface area contributed by atoms with Gasteiger partial charge in [-0.15, -0.1) is 0 Å². The predicted octanol–water partition coefficient (Wildman–Crippen LogP) is 3.51. The number of anilines is 1. The van der Waals surface area contributed by atoms with Crippen LogP contribution < -0.4 is 15.4 Å². The number of nitrogens with one attached hydrogen (secondary N) is 2. The van der Waals surface area contributed by atoms with Crippen molar-refractivity contribution in [2.45, 2.75) is 25.9 Å². The van der Waals surface area contributed by atoms with E-state index in [4.69, 9.17) is 4.74 Å². The van der Waals surface area contributed by atoms with Crippen molar-refractivity contribution in [2.75, 3.05) is 19.0 Å². The lowest BCUT2D eigenvalue weighted by molar-refractivity contribution is 0.414. The number of para-hydroxylation sites is 1. The first-order valence-corrected chi connectivity index (χ1v) is 7.50. The van der Waals surface area contributed by atoms with Crippen LogP contribution in [0.25, 0.3) is 0 Å². The van der Waals surface area contributed by atoms with E-state index < -0.39 is 0 Å². The number of ether oxygens (including phenoxy) is 1. The van der Waals surface area contributed by atoms with Crippen LogP contribution in [0.3, 0.4) is 0 Å². The standard InChI is InChI=1S/C18H22N2O/c1-13(14-6-8-17(21-2)9-7-14)20-12-16-5-3-4-15-10-11-19-18(15)16/h3-9,13,19-20H,10-12H2,1-2H3. The quantitative estimate of drug-likeness (QED) is 0.880. The van der Waals surface area contributed by atoms with Gasteiger partial charge in [0.1, 0.15) is 5.75 Å². The third-order valence-electron chi connectivity index (χ3n) is 4.15. The summed E-state index contributed by atoms with van der Waals surface area (Å²) < 4.78 is 5.20. The van der Waals surface area contributed by atoms with Gasteiger partial charge in [-0.25, -0.2) is 0 Å². The molecule has 0 bridgehead atoms. The number of fused-ring (bicyclic) bond motifs is 1. The molecule has 1 aliphatic heterocycles. The van der Waals surface area contributed by atoms with Crippen LogP contribution in [0.2, 0.25) is 0 Å². The van der Waals surface area contributed by atoms with Crippen LogP contribution in [-0.2, 0) is 13.0 Å². The number of methoxy groups -OCH3 is 1. The summed E-state index contributed by atoms with van der Waals surface area (Å²) >= 11 is 0. The molecule has 2 aromatic rings. The fraction of sp³-hybridized carbons (Fsp3) is 0.333. The Labute approximate surface area is 126 Å². The number of rotatable bonds is 5. The molecule has 1 atom stereocenters. The fourth-order valence-corrected chi connectivity index (χ4v) is 2.83. The molecule has 0 spiro atoms. The highest BCUT2D eigenvalue weighted by Gasteiger charge is 2.14. The zero-order valence-corrected chi connectivity index (χ0v) is 12.6. The Hall–Kier alpha value is -2.00. The average Bonchev–Trinajstić information content (AvgIpc) is 3.02. The van der Waals surface area contributed by atoms with Gasteiger partial charge in [0.25, 0.3) is 0 Å². The van der Waals surface area contributed by atoms with Crippen molar-refractivity contribution < 1.29 is 4.74 Å². The van der Waals surface area contributed by atoms with Gasteiger partial charge in [-0.3, -0.25) is 0 Å². The molecule has 110 valence electrons. The van der Waals surface area contributed by atoms with Crippen LogP contribution in [-0.4, -0.2) is 13.7 Å². The Morgan fingerprint density at radius 3 is 2.76 bits per heavy atom. The molecular weight excluding hydrogens is 260 g/mol. The average molecular weight is 282 g/mol. The van der Waals surface area contributed by atoms with Crippen molar-refractivity contribution in [1.29, 1.82) is 0 Å². The third-order valence-corrected chi connectivity index (χ3v) is 4.15. The van der Waals surface area contributed by atoms with Gasteiger partial charge in [0.05, 0.1) is 7.11 Å². The van der Waals surface area contributed by atoms with Crippen molar-refractivity contribution in [1.82, 2.24) is 5.32 Å². The fourth-order valence-electron chi connectivity index (χ4n) is 2.83. The lowest BCUT2D eigenvalue weighted by Crippen LogP contribution is -2.18. The van der Waals surface area contributed by atoms with Crippen molar-refractivity contribution in [3.05, 3.63) is 59.2 Å². The summed E-state index contributed by atoms with van der Waals surface area (Å²) in [7, 11) is 1.69. The Morgan fingerprint density at radius 2 is 2.00 bits per heavy atom. The van der Waals surface area contributed by atoms with Gasteiger partial charge in [-0.1, -0.05) is 30.3 Å². The summed E-state index contributed by atoms with van der Waals surface area (Å²) in [6, 6.07) is 15.1. The van der Waals surface area contributed by atoms with Crippen LogP contribution in [0.1, 0.15) is 29.7 Å².